The zero-order chi connectivity index (χ0) is 12.3. The highest BCUT2D eigenvalue weighted by Crippen LogP contribution is 2.24. The van der Waals surface area contributed by atoms with Crippen molar-refractivity contribution >= 4 is 11.6 Å². The molecule has 0 unspecified atom stereocenters. The van der Waals surface area contributed by atoms with E-state index in [1.165, 1.54) is 0 Å². The molecule has 0 saturated heterocycles. The van der Waals surface area contributed by atoms with Crippen molar-refractivity contribution in [2.24, 2.45) is 0 Å². The highest BCUT2D eigenvalue weighted by Gasteiger charge is 2.27. The van der Waals surface area contributed by atoms with Gasteiger partial charge in [-0.1, -0.05) is 11.6 Å². The molecule has 0 N–H and O–H groups in total. The monoisotopic (exact) mass is 254 g/mol. The van der Waals surface area contributed by atoms with Gasteiger partial charge in [0.2, 0.25) is 5.88 Å². The third-order valence-electron chi connectivity index (χ3n) is 2.05. The molecule has 0 radical (unpaired) electrons. The van der Waals surface area contributed by atoms with Crippen LogP contribution in [0.1, 0.15) is 17.5 Å². The molecule has 0 spiro atoms. The van der Waals surface area contributed by atoms with Crippen molar-refractivity contribution in [1.29, 1.82) is 0 Å². The molecule has 0 amide bonds. The number of hydrogen-bond donors (Lipinski definition) is 0. The number of rotatable bonds is 3. The van der Waals surface area contributed by atoms with Gasteiger partial charge in [-0.05, 0) is 19.4 Å². The highest BCUT2D eigenvalue weighted by atomic mass is 35.5. The third-order valence-corrected chi connectivity index (χ3v) is 2.40. The van der Waals surface area contributed by atoms with E-state index in [0.29, 0.717) is 11.1 Å². The minimum absolute atomic E-state index is 0.0890. The molecule has 3 nitrogen and oxygen atoms in total. The molecule has 0 saturated carbocycles. The number of ether oxygens (including phenoxy) is 1. The Morgan fingerprint density at radius 3 is 2.38 bits per heavy atom. The summed E-state index contributed by atoms with van der Waals surface area (Å²) in [6.07, 6.45) is -5.25. The van der Waals surface area contributed by atoms with Gasteiger partial charge in [-0.2, -0.15) is 13.2 Å². The Morgan fingerprint density at radius 2 is 1.81 bits per heavy atom. The first-order valence-corrected chi connectivity index (χ1v) is 4.88. The van der Waals surface area contributed by atoms with E-state index in [0.717, 1.165) is 0 Å². The maximum absolute atomic E-state index is 11.9. The summed E-state index contributed by atoms with van der Waals surface area (Å²) in [7, 11) is 0. The van der Waals surface area contributed by atoms with Gasteiger partial charge in [0.05, 0.1) is 13.0 Å². The number of nitrogens with zero attached hydrogens (tertiary/aromatic N) is 2. The molecule has 7 heteroatoms. The lowest BCUT2D eigenvalue weighted by molar-refractivity contribution is -0.139. The van der Waals surface area contributed by atoms with Crippen molar-refractivity contribution in [2.45, 2.75) is 26.4 Å². The van der Waals surface area contributed by atoms with Gasteiger partial charge in [0, 0.05) is 5.56 Å². The van der Waals surface area contributed by atoms with E-state index in [4.69, 9.17) is 16.3 Å². The van der Waals surface area contributed by atoms with Crippen molar-refractivity contribution in [2.75, 3.05) is 6.61 Å². The van der Waals surface area contributed by atoms with Crippen LogP contribution < -0.4 is 4.74 Å². The first kappa shape index (κ1) is 13.0. The number of alkyl halides is 3. The Morgan fingerprint density at radius 1 is 1.19 bits per heavy atom. The zero-order valence-corrected chi connectivity index (χ0v) is 9.48. The lowest BCUT2D eigenvalue weighted by Gasteiger charge is -2.10. The van der Waals surface area contributed by atoms with E-state index in [1.807, 2.05) is 0 Å². The molecule has 1 aromatic heterocycles. The average molecular weight is 255 g/mol. The number of aromatic nitrogens is 2. The lowest BCUT2D eigenvalue weighted by Crippen LogP contribution is -2.14. The van der Waals surface area contributed by atoms with E-state index in [-0.39, 0.29) is 11.0 Å². The van der Waals surface area contributed by atoms with Crippen LogP contribution in [0, 0.1) is 13.8 Å². The highest BCUT2D eigenvalue weighted by molar-refractivity contribution is 6.30. The molecule has 0 bridgehead atoms. The standard InChI is InChI=1S/C9H10ClF3N2O/c1-5-6(2)8(15-14-7(5)10)16-4-3-9(11,12)13/h3-4H2,1-2H3. The van der Waals surface area contributed by atoms with Crippen LogP contribution in [0.2, 0.25) is 5.15 Å². The summed E-state index contributed by atoms with van der Waals surface area (Å²) in [5, 5.41) is 7.37. The maximum Gasteiger partial charge on any atom is 0.392 e. The van der Waals surface area contributed by atoms with Crippen molar-refractivity contribution in [3.05, 3.63) is 16.3 Å². The fraction of sp³-hybridized carbons (Fsp3) is 0.556. The fourth-order valence-corrected chi connectivity index (χ4v) is 1.13. The minimum atomic E-state index is -4.23. The first-order valence-electron chi connectivity index (χ1n) is 4.50. The summed E-state index contributed by atoms with van der Waals surface area (Å²) in [6.45, 7) is 2.89. The predicted octanol–water partition coefficient (Wildman–Crippen LogP) is 3.08. The SMILES string of the molecule is Cc1c(Cl)nnc(OCCC(F)(F)F)c1C. The Balaban J connectivity index is 2.65. The molecular weight excluding hydrogens is 245 g/mol. The van der Waals surface area contributed by atoms with Crippen LogP contribution in [0.3, 0.4) is 0 Å². The van der Waals surface area contributed by atoms with E-state index in [1.54, 1.807) is 13.8 Å². The molecule has 0 aliphatic rings. The van der Waals surface area contributed by atoms with Crippen molar-refractivity contribution < 1.29 is 17.9 Å². The molecule has 0 aromatic carbocycles. The topological polar surface area (TPSA) is 35.0 Å². The van der Waals surface area contributed by atoms with E-state index >= 15 is 0 Å². The Labute approximate surface area is 95.6 Å². The molecular formula is C9H10ClF3N2O. The first-order chi connectivity index (χ1) is 7.31. The van der Waals surface area contributed by atoms with E-state index in [9.17, 15) is 13.2 Å². The van der Waals surface area contributed by atoms with Gasteiger partial charge in [-0.15, -0.1) is 10.2 Å². The molecule has 0 fully saturated rings. The predicted molar refractivity (Wildman–Crippen MR) is 52.7 cm³/mol. The summed E-state index contributed by atoms with van der Waals surface area (Å²) in [5.41, 5.74) is 1.25. The second-order valence-corrected chi connectivity index (χ2v) is 3.62. The van der Waals surface area contributed by atoms with Crippen LogP contribution in [-0.2, 0) is 0 Å². The van der Waals surface area contributed by atoms with Crippen molar-refractivity contribution in [1.82, 2.24) is 10.2 Å². The molecule has 1 rings (SSSR count). The third kappa shape index (κ3) is 3.52. The summed E-state index contributed by atoms with van der Waals surface area (Å²) in [5.74, 6) is 0.0890. The van der Waals surface area contributed by atoms with Gasteiger partial charge < -0.3 is 4.74 Å². The summed E-state index contributed by atoms with van der Waals surface area (Å²) in [4.78, 5) is 0. The quantitative estimate of drug-likeness (QED) is 0.831. The average Bonchev–Trinajstić information content (AvgIpc) is 2.16. The molecule has 1 aromatic rings. The molecule has 90 valence electrons. The van der Waals surface area contributed by atoms with Crippen LogP contribution in [0.25, 0.3) is 0 Å². The molecule has 0 aliphatic heterocycles. The Kier molecular flexibility index (Phi) is 3.96. The van der Waals surface area contributed by atoms with Gasteiger partial charge in [0.25, 0.3) is 0 Å². The summed E-state index contributed by atoms with van der Waals surface area (Å²) in [6, 6.07) is 0. The second kappa shape index (κ2) is 4.86. The van der Waals surface area contributed by atoms with Crippen LogP contribution in [-0.4, -0.2) is 23.0 Å². The van der Waals surface area contributed by atoms with E-state index in [2.05, 4.69) is 10.2 Å². The van der Waals surface area contributed by atoms with E-state index < -0.39 is 19.2 Å². The summed E-state index contributed by atoms with van der Waals surface area (Å²) < 4.78 is 40.5. The molecule has 16 heavy (non-hydrogen) atoms. The van der Waals surface area contributed by atoms with Gasteiger partial charge in [-0.25, -0.2) is 0 Å². The molecule has 0 atom stereocenters. The van der Waals surface area contributed by atoms with Crippen molar-refractivity contribution in [3.8, 4) is 5.88 Å². The Hall–Kier alpha value is -1.04. The lowest BCUT2D eigenvalue weighted by atomic mass is 10.2. The van der Waals surface area contributed by atoms with Crippen LogP contribution in [0.5, 0.6) is 5.88 Å². The second-order valence-electron chi connectivity index (χ2n) is 3.26. The maximum atomic E-state index is 11.9. The van der Waals surface area contributed by atoms with Gasteiger partial charge in [0.15, 0.2) is 5.15 Å². The van der Waals surface area contributed by atoms with Crippen LogP contribution in [0.15, 0.2) is 0 Å². The zero-order valence-electron chi connectivity index (χ0n) is 8.73. The van der Waals surface area contributed by atoms with Gasteiger partial charge in [0.1, 0.15) is 0 Å². The Bertz CT molecular complexity index is 382. The minimum Gasteiger partial charge on any atom is -0.476 e. The summed E-state index contributed by atoms with van der Waals surface area (Å²) >= 11 is 5.68. The van der Waals surface area contributed by atoms with Crippen LogP contribution >= 0.6 is 11.6 Å². The molecule has 0 aliphatic carbocycles. The van der Waals surface area contributed by atoms with Gasteiger partial charge in [-0.3, -0.25) is 0 Å². The number of hydrogen-bond acceptors (Lipinski definition) is 3. The van der Waals surface area contributed by atoms with Crippen molar-refractivity contribution in [3.63, 3.8) is 0 Å². The van der Waals surface area contributed by atoms with Gasteiger partial charge >= 0.3 is 6.18 Å². The smallest absolute Gasteiger partial charge is 0.392 e. The normalized spacial score (nSPS) is 11.6. The largest absolute Gasteiger partial charge is 0.476 e. The van der Waals surface area contributed by atoms with Crippen LogP contribution in [0.4, 0.5) is 13.2 Å². The fourth-order valence-electron chi connectivity index (χ4n) is 0.955. The number of halogens is 4. The molecule has 1 heterocycles.